The molecule has 4 rings (SSSR count). The van der Waals surface area contributed by atoms with Crippen molar-refractivity contribution in [3.05, 3.63) is 82.8 Å². The Morgan fingerprint density at radius 1 is 1.03 bits per heavy atom. The summed E-state index contributed by atoms with van der Waals surface area (Å²) in [5, 5.41) is 0. The van der Waals surface area contributed by atoms with E-state index in [-0.39, 0.29) is 17.3 Å². The van der Waals surface area contributed by atoms with E-state index in [1.165, 1.54) is 12.1 Å². The quantitative estimate of drug-likeness (QED) is 0.336. The molecular formula is C27H31ClN4O4S. The number of fused-ring (bicyclic) bond motifs is 1. The number of hydrogen-bond acceptors (Lipinski definition) is 6. The second-order valence-electron chi connectivity index (χ2n) is 8.97. The highest BCUT2D eigenvalue weighted by Gasteiger charge is 2.20. The van der Waals surface area contributed by atoms with Crippen molar-refractivity contribution in [2.75, 3.05) is 0 Å². The largest absolute Gasteiger partial charge is 0.445 e. The molecule has 2 heterocycles. The number of carbonyl (C=O) groups excluding carboxylic acids is 1. The number of amides is 1. The number of aryl methyl sites for hydroxylation is 4. The summed E-state index contributed by atoms with van der Waals surface area (Å²) in [5.41, 5.74) is 6.58. The van der Waals surface area contributed by atoms with Crippen LogP contribution in [0.5, 0.6) is 0 Å². The van der Waals surface area contributed by atoms with Crippen molar-refractivity contribution in [2.24, 2.45) is 0 Å². The van der Waals surface area contributed by atoms with Gasteiger partial charge in [0.25, 0.3) is 10.0 Å². The molecule has 8 nitrogen and oxygen atoms in total. The smallest absolute Gasteiger partial charge is 0.421 e. The molecule has 196 valence electrons. The SMILES string of the molecule is CCc1nc2c(C)cc(C)nc2n1-c1ccc(CC(C)OC(=O)NS(=O)(=O)c2ccc(C)cc2)cc1.Cl. The number of rotatable bonds is 7. The molecule has 1 unspecified atom stereocenters. The standard InChI is InChI=1S/C27H30N4O4S.ClH/c1-6-24-29-25-18(3)15-19(4)28-26(25)31(24)22-11-9-21(10-12-22)16-20(5)35-27(32)30-36(33,34)23-13-7-17(2)8-14-23;/h7-15,20H,6,16H2,1-5H3,(H,30,32);1H. The van der Waals surface area contributed by atoms with E-state index >= 15 is 0 Å². The molecule has 0 radical (unpaired) electrons. The summed E-state index contributed by atoms with van der Waals surface area (Å²) in [5.74, 6) is 0.933. The number of benzene rings is 2. The van der Waals surface area contributed by atoms with Crippen LogP contribution in [0.15, 0.2) is 59.5 Å². The van der Waals surface area contributed by atoms with E-state index in [1.807, 2.05) is 55.8 Å². The molecule has 0 bridgehead atoms. The number of ether oxygens (including phenoxy) is 1. The van der Waals surface area contributed by atoms with Crippen LogP contribution in [0.25, 0.3) is 16.9 Å². The van der Waals surface area contributed by atoms with Gasteiger partial charge in [-0.15, -0.1) is 12.4 Å². The Balaban J connectivity index is 0.00000380. The minimum absolute atomic E-state index is 0. The maximum Gasteiger partial charge on any atom is 0.421 e. The highest BCUT2D eigenvalue weighted by molar-refractivity contribution is 7.90. The zero-order valence-electron chi connectivity index (χ0n) is 21.5. The molecule has 0 spiro atoms. The Hall–Kier alpha value is -3.43. The molecule has 0 aliphatic heterocycles. The molecule has 0 fully saturated rings. The Bertz CT molecular complexity index is 1520. The number of halogens is 1. The number of aromatic nitrogens is 3. The Kier molecular flexibility index (Phi) is 8.60. The molecule has 1 N–H and O–H groups in total. The Labute approximate surface area is 223 Å². The molecular weight excluding hydrogens is 512 g/mol. The second-order valence-corrected chi connectivity index (χ2v) is 10.7. The van der Waals surface area contributed by atoms with Crippen molar-refractivity contribution >= 4 is 39.7 Å². The summed E-state index contributed by atoms with van der Waals surface area (Å²) >= 11 is 0. The molecule has 4 aromatic rings. The van der Waals surface area contributed by atoms with Gasteiger partial charge in [-0.05, 0) is 69.2 Å². The molecule has 0 saturated carbocycles. The van der Waals surface area contributed by atoms with Crippen molar-refractivity contribution in [3.8, 4) is 5.69 Å². The van der Waals surface area contributed by atoms with Crippen LogP contribution in [0.3, 0.4) is 0 Å². The number of nitrogens with zero attached hydrogens (tertiary/aromatic N) is 3. The summed E-state index contributed by atoms with van der Waals surface area (Å²) in [7, 11) is -4.00. The zero-order chi connectivity index (χ0) is 26.0. The molecule has 0 aliphatic carbocycles. The van der Waals surface area contributed by atoms with Crippen LogP contribution < -0.4 is 4.72 Å². The Morgan fingerprint density at radius 2 is 1.68 bits per heavy atom. The first-order valence-electron chi connectivity index (χ1n) is 11.8. The van der Waals surface area contributed by atoms with Gasteiger partial charge < -0.3 is 4.74 Å². The number of carbonyl (C=O) groups is 1. The van der Waals surface area contributed by atoms with Crippen LogP contribution in [-0.2, 0) is 27.6 Å². The third kappa shape index (κ3) is 6.29. The molecule has 0 saturated heterocycles. The van der Waals surface area contributed by atoms with Gasteiger partial charge in [-0.25, -0.2) is 27.9 Å². The fourth-order valence-corrected chi connectivity index (χ4v) is 5.04. The van der Waals surface area contributed by atoms with Gasteiger partial charge in [0.05, 0.1) is 4.90 Å². The fraction of sp³-hybridized carbons (Fsp3) is 0.296. The van der Waals surface area contributed by atoms with Gasteiger partial charge in [0.2, 0.25) is 0 Å². The van der Waals surface area contributed by atoms with Crippen molar-refractivity contribution in [1.29, 1.82) is 0 Å². The number of imidazole rings is 1. The number of hydrogen-bond donors (Lipinski definition) is 1. The lowest BCUT2D eigenvalue weighted by Crippen LogP contribution is -2.33. The van der Waals surface area contributed by atoms with Crippen LogP contribution in [0.1, 0.15) is 42.1 Å². The van der Waals surface area contributed by atoms with Crippen molar-refractivity contribution in [3.63, 3.8) is 0 Å². The van der Waals surface area contributed by atoms with Gasteiger partial charge in [-0.3, -0.25) is 4.57 Å². The van der Waals surface area contributed by atoms with Gasteiger partial charge in [0.1, 0.15) is 17.4 Å². The average molecular weight is 543 g/mol. The van der Waals surface area contributed by atoms with Gasteiger partial charge in [0.15, 0.2) is 5.65 Å². The zero-order valence-corrected chi connectivity index (χ0v) is 23.1. The maximum absolute atomic E-state index is 12.4. The highest BCUT2D eigenvalue weighted by Crippen LogP contribution is 2.24. The summed E-state index contributed by atoms with van der Waals surface area (Å²) in [6.45, 7) is 9.66. The third-order valence-electron chi connectivity index (χ3n) is 5.89. The monoisotopic (exact) mass is 542 g/mol. The summed E-state index contributed by atoms with van der Waals surface area (Å²) in [4.78, 5) is 21.8. The summed E-state index contributed by atoms with van der Waals surface area (Å²) in [6, 6.07) is 16.2. The molecule has 1 atom stereocenters. The first kappa shape index (κ1) is 28.1. The summed E-state index contributed by atoms with van der Waals surface area (Å²) in [6.07, 6.45) is -0.340. The van der Waals surface area contributed by atoms with E-state index in [4.69, 9.17) is 14.7 Å². The number of pyridine rings is 1. The van der Waals surface area contributed by atoms with Crippen LogP contribution in [-0.4, -0.2) is 35.2 Å². The van der Waals surface area contributed by atoms with E-state index in [0.717, 1.165) is 51.5 Å². The second kappa shape index (κ2) is 11.3. The van der Waals surface area contributed by atoms with Crippen LogP contribution in [0.4, 0.5) is 4.79 Å². The van der Waals surface area contributed by atoms with Crippen LogP contribution in [0, 0.1) is 20.8 Å². The molecule has 37 heavy (non-hydrogen) atoms. The van der Waals surface area contributed by atoms with Gasteiger partial charge >= 0.3 is 6.09 Å². The number of nitrogens with one attached hydrogen (secondary N) is 1. The van der Waals surface area contributed by atoms with Crippen molar-refractivity contribution in [1.82, 2.24) is 19.3 Å². The number of sulfonamides is 1. The van der Waals surface area contributed by atoms with E-state index in [1.54, 1.807) is 19.1 Å². The van der Waals surface area contributed by atoms with Gasteiger partial charge in [-0.1, -0.05) is 36.8 Å². The molecule has 1 amide bonds. The third-order valence-corrected chi connectivity index (χ3v) is 7.22. The van der Waals surface area contributed by atoms with Crippen molar-refractivity contribution < 1.29 is 17.9 Å². The van der Waals surface area contributed by atoms with Crippen LogP contribution in [0.2, 0.25) is 0 Å². The van der Waals surface area contributed by atoms with Crippen LogP contribution >= 0.6 is 12.4 Å². The lowest BCUT2D eigenvalue weighted by atomic mass is 10.1. The van der Waals surface area contributed by atoms with E-state index in [0.29, 0.717) is 6.42 Å². The Morgan fingerprint density at radius 3 is 2.30 bits per heavy atom. The molecule has 10 heteroatoms. The van der Waals surface area contributed by atoms with E-state index in [9.17, 15) is 13.2 Å². The van der Waals surface area contributed by atoms with Gasteiger partial charge in [0, 0.05) is 24.2 Å². The predicted molar refractivity (Wildman–Crippen MR) is 146 cm³/mol. The maximum atomic E-state index is 12.4. The minimum atomic E-state index is -4.00. The lowest BCUT2D eigenvalue weighted by Gasteiger charge is -2.15. The van der Waals surface area contributed by atoms with E-state index < -0.39 is 22.2 Å². The molecule has 2 aromatic carbocycles. The molecule has 2 aromatic heterocycles. The topological polar surface area (TPSA) is 103 Å². The predicted octanol–water partition coefficient (Wildman–Crippen LogP) is 5.38. The van der Waals surface area contributed by atoms with E-state index in [2.05, 4.69) is 11.5 Å². The summed E-state index contributed by atoms with van der Waals surface area (Å²) < 4.78 is 34.2. The minimum Gasteiger partial charge on any atom is -0.445 e. The van der Waals surface area contributed by atoms with Crippen molar-refractivity contribution in [2.45, 2.75) is 58.5 Å². The fourth-order valence-electron chi connectivity index (χ4n) is 4.16. The molecule has 0 aliphatic rings. The highest BCUT2D eigenvalue weighted by atomic mass is 35.5. The first-order chi connectivity index (χ1) is 17.1. The lowest BCUT2D eigenvalue weighted by molar-refractivity contribution is 0.112. The first-order valence-corrected chi connectivity index (χ1v) is 13.3. The normalized spacial score (nSPS) is 12.1. The van der Waals surface area contributed by atoms with Gasteiger partial charge in [-0.2, -0.15) is 0 Å². The average Bonchev–Trinajstić information content (AvgIpc) is 3.18.